The SMILES string of the molecule is Cc1ccc(C(=O)N(Cc2nn(C)c3c2CN(S(=O)(=O)c2cn(C)c(C)n2)CC3)c2ccccc2)cc1. The first kappa shape index (κ1) is 24.9. The number of sulfonamides is 1. The predicted octanol–water partition coefficient (Wildman–Crippen LogP) is 3.36. The topological polar surface area (TPSA) is 93.3 Å². The van der Waals surface area contributed by atoms with E-state index in [0.717, 1.165) is 22.5 Å². The summed E-state index contributed by atoms with van der Waals surface area (Å²) in [7, 11) is -0.134. The third-order valence-electron chi connectivity index (χ3n) is 6.90. The highest BCUT2D eigenvalue weighted by Crippen LogP contribution is 2.29. The van der Waals surface area contributed by atoms with Crippen LogP contribution in [0.2, 0.25) is 0 Å². The van der Waals surface area contributed by atoms with E-state index in [-0.39, 0.29) is 24.0 Å². The fraction of sp³-hybridized carbons (Fsp3) is 0.296. The Kier molecular flexibility index (Phi) is 6.47. The monoisotopic (exact) mass is 518 g/mol. The zero-order valence-electron chi connectivity index (χ0n) is 21.4. The Balaban J connectivity index is 1.49. The molecule has 4 aromatic rings. The average Bonchev–Trinajstić information content (AvgIpc) is 3.41. The molecule has 1 aliphatic rings. The molecule has 0 N–H and O–H groups in total. The van der Waals surface area contributed by atoms with Gasteiger partial charge in [0.1, 0.15) is 5.82 Å². The van der Waals surface area contributed by atoms with Crippen molar-refractivity contribution < 1.29 is 13.2 Å². The number of benzene rings is 2. The van der Waals surface area contributed by atoms with Crippen molar-refractivity contribution in [2.24, 2.45) is 14.1 Å². The number of aryl methyl sites for hydroxylation is 4. The fourth-order valence-electron chi connectivity index (χ4n) is 4.65. The maximum absolute atomic E-state index is 13.7. The molecule has 3 heterocycles. The minimum atomic E-state index is -3.77. The summed E-state index contributed by atoms with van der Waals surface area (Å²) in [6.45, 7) is 4.49. The van der Waals surface area contributed by atoms with Gasteiger partial charge in [0.15, 0.2) is 5.03 Å². The molecule has 0 bridgehead atoms. The van der Waals surface area contributed by atoms with E-state index >= 15 is 0 Å². The Morgan fingerprint density at radius 2 is 1.73 bits per heavy atom. The van der Waals surface area contributed by atoms with Gasteiger partial charge in [-0.2, -0.15) is 9.40 Å². The van der Waals surface area contributed by atoms with Crippen LogP contribution in [0.4, 0.5) is 5.69 Å². The van der Waals surface area contributed by atoms with E-state index in [9.17, 15) is 13.2 Å². The number of amides is 1. The Morgan fingerprint density at radius 1 is 1.03 bits per heavy atom. The lowest BCUT2D eigenvalue weighted by atomic mass is 10.1. The lowest BCUT2D eigenvalue weighted by molar-refractivity contribution is 0.0984. The molecule has 0 saturated carbocycles. The molecule has 10 heteroatoms. The zero-order valence-corrected chi connectivity index (χ0v) is 22.2. The third kappa shape index (κ3) is 4.70. The van der Waals surface area contributed by atoms with Crippen LogP contribution in [0.1, 0.15) is 38.7 Å². The first-order valence-electron chi connectivity index (χ1n) is 12.1. The van der Waals surface area contributed by atoms with Gasteiger partial charge in [-0.3, -0.25) is 9.48 Å². The van der Waals surface area contributed by atoms with Crippen LogP contribution in [0.15, 0.2) is 65.8 Å². The number of imidazole rings is 1. The zero-order chi connectivity index (χ0) is 26.3. The summed E-state index contributed by atoms with van der Waals surface area (Å²) >= 11 is 0. The number of rotatable bonds is 6. The molecule has 0 atom stereocenters. The van der Waals surface area contributed by atoms with Crippen molar-refractivity contribution in [1.29, 1.82) is 0 Å². The Hall–Kier alpha value is -3.76. The highest BCUT2D eigenvalue weighted by atomic mass is 32.2. The van der Waals surface area contributed by atoms with E-state index in [2.05, 4.69) is 4.98 Å². The molecular formula is C27H30N6O3S. The number of hydrogen-bond donors (Lipinski definition) is 0. The maximum atomic E-state index is 13.7. The minimum absolute atomic E-state index is 0.0434. The molecule has 192 valence electrons. The molecule has 0 unspecified atom stereocenters. The highest BCUT2D eigenvalue weighted by Gasteiger charge is 2.34. The van der Waals surface area contributed by atoms with Gasteiger partial charge < -0.3 is 9.47 Å². The van der Waals surface area contributed by atoms with Gasteiger partial charge >= 0.3 is 0 Å². The standard InChI is InChI=1S/C27H30N6O3S/c1-19-10-12-21(13-11-19)27(34)33(22-8-6-5-7-9-22)17-24-23-16-32(15-14-25(23)31(4)29-24)37(35,36)26-18-30(3)20(2)28-26/h5-13,18H,14-17H2,1-4H3. The largest absolute Gasteiger partial charge is 0.337 e. The molecule has 0 aliphatic carbocycles. The van der Waals surface area contributed by atoms with Crippen molar-refractivity contribution in [3.63, 3.8) is 0 Å². The molecule has 2 aromatic heterocycles. The molecule has 5 rings (SSSR count). The predicted molar refractivity (Wildman–Crippen MR) is 141 cm³/mol. The Bertz CT molecular complexity index is 1540. The van der Waals surface area contributed by atoms with Gasteiger partial charge in [0.05, 0.1) is 12.2 Å². The van der Waals surface area contributed by atoms with E-state index in [0.29, 0.717) is 30.0 Å². The number of carbonyl (C=O) groups is 1. The Labute approximate surface area is 217 Å². The minimum Gasteiger partial charge on any atom is -0.337 e. The molecular weight excluding hydrogens is 488 g/mol. The summed E-state index contributed by atoms with van der Waals surface area (Å²) < 4.78 is 31.8. The second kappa shape index (κ2) is 9.60. The van der Waals surface area contributed by atoms with Crippen molar-refractivity contribution in [2.45, 2.75) is 38.4 Å². The molecule has 0 saturated heterocycles. The maximum Gasteiger partial charge on any atom is 0.262 e. The number of fused-ring (bicyclic) bond motifs is 1. The van der Waals surface area contributed by atoms with Gasteiger partial charge in [-0.1, -0.05) is 35.9 Å². The lowest BCUT2D eigenvalue weighted by Gasteiger charge is -2.27. The van der Waals surface area contributed by atoms with Gasteiger partial charge in [0.2, 0.25) is 0 Å². The van der Waals surface area contributed by atoms with Crippen molar-refractivity contribution in [1.82, 2.24) is 23.6 Å². The summed E-state index contributed by atoms with van der Waals surface area (Å²) in [6.07, 6.45) is 2.07. The number of anilines is 1. The summed E-state index contributed by atoms with van der Waals surface area (Å²) in [4.78, 5) is 19.6. The van der Waals surface area contributed by atoms with Crippen LogP contribution in [0.5, 0.6) is 0 Å². The summed E-state index contributed by atoms with van der Waals surface area (Å²) in [5, 5.41) is 4.78. The molecule has 37 heavy (non-hydrogen) atoms. The van der Waals surface area contributed by atoms with E-state index in [1.807, 2.05) is 68.6 Å². The number of hydrogen-bond acceptors (Lipinski definition) is 5. The first-order valence-corrected chi connectivity index (χ1v) is 13.6. The fourth-order valence-corrected chi connectivity index (χ4v) is 6.08. The molecule has 0 radical (unpaired) electrons. The number of aromatic nitrogens is 4. The van der Waals surface area contributed by atoms with E-state index in [1.54, 1.807) is 34.3 Å². The third-order valence-corrected chi connectivity index (χ3v) is 8.62. The van der Waals surface area contributed by atoms with Crippen LogP contribution in [0.25, 0.3) is 0 Å². The van der Waals surface area contributed by atoms with E-state index < -0.39 is 10.0 Å². The summed E-state index contributed by atoms with van der Waals surface area (Å²) in [5.41, 5.74) is 4.90. The lowest BCUT2D eigenvalue weighted by Crippen LogP contribution is -2.37. The molecule has 1 amide bonds. The van der Waals surface area contributed by atoms with Gasteiger partial charge in [0.25, 0.3) is 15.9 Å². The second-order valence-corrected chi connectivity index (χ2v) is 11.3. The van der Waals surface area contributed by atoms with E-state index in [1.165, 1.54) is 4.31 Å². The van der Waals surface area contributed by atoms with E-state index in [4.69, 9.17) is 5.10 Å². The molecule has 0 spiro atoms. The van der Waals surface area contributed by atoms with Crippen molar-refractivity contribution >= 4 is 21.6 Å². The van der Waals surface area contributed by atoms with Crippen LogP contribution in [-0.2, 0) is 43.6 Å². The van der Waals surface area contributed by atoms with Crippen LogP contribution >= 0.6 is 0 Å². The molecule has 0 fully saturated rings. The number of para-hydroxylation sites is 1. The second-order valence-electron chi connectivity index (χ2n) is 9.41. The smallest absolute Gasteiger partial charge is 0.262 e. The van der Waals surface area contributed by atoms with Crippen LogP contribution < -0.4 is 4.90 Å². The molecule has 1 aliphatic heterocycles. The quantitative estimate of drug-likeness (QED) is 0.390. The van der Waals surface area contributed by atoms with Crippen LogP contribution in [0.3, 0.4) is 0 Å². The summed E-state index contributed by atoms with van der Waals surface area (Å²) in [6, 6.07) is 17.0. The van der Waals surface area contributed by atoms with Gasteiger partial charge in [-0.15, -0.1) is 0 Å². The van der Waals surface area contributed by atoms with Crippen LogP contribution in [-0.4, -0.2) is 44.5 Å². The van der Waals surface area contributed by atoms with Gasteiger partial charge in [-0.25, -0.2) is 13.4 Å². The normalized spacial score (nSPS) is 13.9. The first-order chi connectivity index (χ1) is 17.6. The molecule has 2 aromatic carbocycles. The van der Waals surface area contributed by atoms with Crippen molar-refractivity contribution in [2.75, 3.05) is 11.4 Å². The highest BCUT2D eigenvalue weighted by molar-refractivity contribution is 7.89. The number of carbonyl (C=O) groups excluding carboxylic acids is 1. The average molecular weight is 519 g/mol. The van der Waals surface area contributed by atoms with Crippen molar-refractivity contribution in [3.05, 3.63) is 94.7 Å². The molecule has 9 nitrogen and oxygen atoms in total. The number of nitrogens with zero attached hydrogens (tertiary/aromatic N) is 6. The van der Waals surface area contributed by atoms with Crippen LogP contribution in [0, 0.1) is 13.8 Å². The van der Waals surface area contributed by atoms with Crippen molar-refractivity contribution in [3.8, 4) is 0 Å². The Morgan fingerprint density at radius 3 is 2.38 bits per heavy atom. The summed E-state index contributed by atoms with van der Waals surface area (Å²) in [5.74, 6) is 0.487. The van der Waals surface area contributed by atoms with Gasteiger partial charge in [-0.05, 0) is 38.1 Å². The van der Waals surface area contributed by atoms with Gasteiger partial charge in [0, 0.05) is 62.3 Å².